The van der Waals surface area contributed by atoms with Crippen LogP contribution in [-0.2, 0) is 0 Å². The maximum atomic E-state index is 12.2. The maximum Gasteiger partial charge on any atom is 0.255 e. The Balaban J connectivity index is 2.13. The summed E-state index contributed by atoms with van der Waals surface area (Å²) < 4.78 is 0. The first-order valence-electron chi connectivity index (χ1n) is 5.61. The molecule has 0 N–H and O–H groups in total. The second-order valence-electron chi connectivity index (χ2n) is 4.18. The number of pyridine rings is 1. The van der Waals surface area contributed by atoms with Crippen molar-refractivity contribution in [1.82, 2.24) is 9.88 Å². The van der Waals surface area contributed by atoms with Gasteiger partial charge < -0.3 is 4.90 Å². The molecule has 1 aromatic rings. The van der Waals surface area contributed by atoms with E-state index in [1.807, 2.05) is 0 Å². The monoisotopic (exact) mass is 283 g/mol. The van der Waals surface area contributed by atoms with E-state index in [1.54, 1.807) is 4.90 Å². The fourth-order valence-corrected chi connectivity index (χ4v) is 2.30. The van der Waals surface area contributed by atoms with Crippen LogP contribution in [0, 0.1) is 17.2 Å². The molecule has 0 spiro atoms. The highest BCUT2D eigenvalue weighted by Gasteiger charge is 2.24. The average molecular weight is 284 g/mol. The molecule has 6 heteroatoms. The molecule has 94 valence electrons. The molecule has 0 bridgehead atoms. The first-order valence-corrected chi connectivity index (χ1v) is 6.37. The van der Waals surface area contributed by atoms with Crippen molar-refractivity contribution in [1.29, 1.82) is 5.26 Å². The summed E-state index contributed by atoms with van der Waals surface area (Å²) in [5.41, 5.74) is 0.368. The molecule has 0 unspecified atom stereocenters. The predicted molar refractivity (Wildman–Crippen MR) is 68.5 cm³/mol. The molecule has 4 nitrogen and oxygen atoms in total. The Labute approximate surface area is 115 Å². The minimum Gasteiger partial charge on any atom is -0.339 e. The second-order valence-corrected chi connectivity index (χ2v) is 4.98. The van der Waals surface area contributed by atoms with Crippen molar-refractivity contribution in [3.8, 4) is 6.07 Å². The van der Waals surface area contributed by atoms with E-state index in [0.29, 0.717) is 36.5 Å². The van der Waals surface area contributed by atoms with Gasteiger partial charge in [-0.1, -0.05) is 23.2 Å². The molecule has 1 amide bonds. The van der Waals surface area contributed by atoms with Gasteiger partial charge in [-0.25, -0.2) is 4.98 Å². The smallest absolute Gasteiger partial charge is 0.255 e. The lowest BCUT2D eigenvalue weighted by Gasteiger charge is -2.29. The van der Waals surface area contributed by atoms with Gasteiger partial charge >= 0.3 is 0 Å². The number of likely N-dealkylation sites (tertiary alicyclic amines) is 1. The third kappa shape index (κ3) is 2.74. The molecule has 1 saturated heterocycles. The summed E-state index contributed by atoms with van der Waals surface area (Å²) >= 11 is 11.7. The largest absolute Gasteiger partial charge is 0.339 e. The minimum absolute atomic E-state index is 0.0468. The Morgan fingerprint density at radius 3 is 2.72 bits per heavy atom. The Morgan fingerprint density at radius 2 is 2.11 bits per heavy atom. The number of amides is 1. The van der Waals surface area contributed by atoms with Gasteiger partial charge in [-0.15, -0.1) is 0 Å². The van der Waals surface area contributed by atoms with Gasteiger partial charge in [0.15, 0.2) is 0 Å². The molecule has 1 aliphatic heterocycles. The quantitative estimate of drug-likeness (QED) is 0.745. The highest BCUT2D eigenvalue weighted by atomic mass is 35.5. The van der Waals surface area contributed by atoms with Crippen LogP contribution < -0.4 is 0 Å². The molecular formula is C12H11Cl2N3O. The summed E-state index contributed by atoms with van der Waals surface area (Å²) in [4.78, 5) is 17.8. The van der Waals surface area contributed by atoms with Crippen molar-refractivity contribution < 1.29 is 4.79 Å². The maximum absolute atomic E-state index is 12.2. The predicted octanol–water partition coefficient (Wildman–Crippen LogP) is 2.76. The van der Waals surface area contributed by atoms with E-state index in [4.69, 9.17) is 28.5 Å². The molecule has 1 fully saturated rings. The summed E-state index contributed by atoms with van der Waals surface area (Å²) in [6, 6.07) is 3.70. The van der Waals surface area contributed by atoms with Crippen LogP contribution in [0.15, 0.2) is 12.3 Å². The summed E-state index contributed by atoms with van der Waals surface area (Å²) in [6.45, 7) is 1.15. The van der Waals surface area contributed by atoms with E-state index >= 15 is 0 Å². The Kier molecular flexibility index (Phi) is 4.05. The average Bonchev–Trinajstić information content (AvgIpc) is 2.41. The Bertz CT molecular complexity index is 505. The van der Waals surface area contributed by atoms with E-state index in [0.717, 1.165) is 0 Å². The lowest BCUT2D eigenvalue weighted by atomic mass is 9.98. The van der Waals surface area contributed by atoms with Gasteiger partial charge in [0.25, 0.3) is 5.91 Å². The zero-order chi connectivity index (χ0) is 13.1. The number of aromatic nitrogens is 1. The van der Waals surface area contributed by atoms with Crippen molar-refractivity contribution in [2.75, 3.05) is 13.1 Å². The second kappa shape index (κ2) is 5.55. The van der Waals surface area contributed by atoms with E-state index < -0.39 is 0 Å². The van der Waals surface area contributed by atoms with Crippen LogP contribution in [0.3, 0.4) is 0 Å². The van der Waals surface area contributed by atoms with Crippen molar-refractivity contribution >= 4 is 29.1 Å². The molecule has 0 radical (unpaired) electrons. The van der Waals surface area contributed by atoms with E-state index in [9.17, 15) is 4.79 Å². The molecule has 18 heavy (non-hydrogen) atoms. The fourth-order valence-electron chi connectivity index (χ4n) is 1.96. The van der Waals surface area contributed by atoms with Crippen molar-refractivity contribution in [2.24, 2.45) is 5.92 Å². The molecule has 1 aliphatic rings. The third-order valence-electron chi connectivity index (χ3n) is 3.02. The molecule has 0 saturated carbocycles. The topological polar surface area (TPSA) is 57.0 Å². The zero-order valence-corrected chi connectivity index (χ0v) is 11.1. The molecule has 2 heterocycles. The number of hydrogen-bond acceptors (Lipinski definition) is 3. The molecule has 0 aliphatic carbocycles. The van der Waals surface area contributed by atoms with Crippen LogP contribution in [0.4, 0.5) is 0 Å². The van der Waals surface area contributed by atoms with Gasteiger partial charge in [0.1, 0.15) is 5.15 Å². The number of rotatable bonds is 1. The molecule has 1 aromatic heterocycles. The number of nitriles is 1. The summed E-state index contributed by atoms with van der Waals surface area (Å²) in [5, 5.41) is 9.36. The van der Waals surface area contributed by atoms with Gasteiger partial charge in [-0.05, 0) is 18.9 Å². The van der Waals surface area contributed by atoms with E-state index in [-0.39, 0.29) is 17.0 Å². The van der Waals surface area contributed by atoms with Crippen LogP contribution in [0.5, 0.6) is 0 Å². The van der Waals surface area contributed by atoms with Crippen molar-refractivity contribution in [2.45, 2.75) is 12.8 Å². The number of carbonyl (C=O) groups is 1. The Hall–Kier alpha value is -1.31. The molecule has 2 rings (SSSR count). The van der Waals surface area contributed by atoms with Crippen molar-refractivity contribution in [3.63, 3.8) is 0 Å². The standard InChI is InChI=1S/C12H11Cl2N3O/c13-10-7-16-11(14)5-9(10)12(18)17-3-1-8(6-15)2-4-17/h5,7-8H,1-4H2. The first kappa shape index (κ1) is 13.1. The summed E-state index contributed by atoms with van der Waals surface area (Å²) in [5.74, 6) is -0.105. The van der Waals surface area contributed by atoms with Gasteiger partial charge in [-0.3, -0.25) is 4.79 Å². The zero-order valence-electron chi connectivity index (χ0n) is 9.57. The van der Waals surface area contributed by atoms with Gasteiger partial charge in [0.2, 0.25) is 0 Å². The lowest BCUT2D eigenvalue weighted by Crippen LogP contribution is -2.38. The number of carbonyl (C=O) groups excluding carboxylic acids is 1. The van der Waals surface area contributed by atoms with Gasteiger partial charge in [0.05, 0.1) is 16.7 Å². The van der Waals surface area contributed by atoms with Crippen LogP contribution in [-0.4, -0.2) is 28.9 Å². The minimum atomic E-state index is -0.152. The number of nitrogens with zero attached hydrogens (tertiary/aromatic N) is 3. The van der Waals surface area contributed by atoms with E-state index in [1.165, 1.54) is 12.3 Å². The number of hydrogen-bond donors (Lipinski definition) is 0. The molecular weight excluding hydrogens is 273 g/mol. The molecule has 0 atom stereocenters. The van der Waals surface area contributed by atoms with E-state index in [2.05, 4.69) is 11.1 Å². The summed E-state index contributed by atoms with van der Waals surface area (Å²) in [7, 11) is 0. The number of halogens is 2. The Morgan fingerprint density at radius 1 is 1.44 bits per heavy atom. The normalized spacial score (nSPS) is 16.4. The lowest BCUT2D eigenvalue weighted by molar-refractivity contribution is 0.0707. The fraction of sp³-hybridized carbons (Fsp3) is 0.417. The number of piperidine rings is 1. The third-order valence-corrected chi connectivity index (χ3v) is 3.53. The highest BCUT2D eigenvalue weighted by Crippen LogP contribution is 2.23. The highest BCUT2D eigenvalue weighted by molar-refractivity contribution is 6.35. The van der Waals surface area contributed by atoms with Gasteiger partial charge in [0, 0.05) is 25.2 Å². The van der Waals surface area contributed by atoms with Crippen LogP contribution in [0.25, 0.3) is 0 Å². The van der Waals surface area contributed by atoms with Gasteiger partial charge in [-0.2, -0.15) is 5.26 Å². The SMILES string of the molecule is N#CC1CCN(C(=O)c2cc(Cl)ncc2Cl)CC1. The van der Waals surface area contributed by atoms with Crippen LogP contribution in [0.1, 0.15) is 23.2 Å². The van der Waals surface area contributed by atoms with Crippen molar-refractivity contribution in [3.05, 3.63) is 28.0 Å². The first-order chi connectivity index (χ1) is 8.61. The van der Waals surface area contributed by atoms with Crippen LogP contribution >= 0.6 is 23.2 Å². The molecule has 0 aromatic carbocycles. The summed E-state index contributed by atoms with van der Waals surface area (Å²) in [6.07, 6.45) is 2.79. The van der Waals surface area contributed by atoms with Crippen LogP contribution in [0.2, 0.25) is 10.2 Å².